The summed E-state index contributed by atoms with van der Waals surface area (Å²) >= 11 is 7.23. The lowest BCUT2D eigenvalue weighted by Gasteiger charge is -2.07. The predicted molar refractivity (Wildman–Crippen MR) is 108 cm³/mol. The van der Waals surface area contributed by atoms with Gasteiger partial charge in [-0.25, -0.2) is 0 Å². The molecule has 122 valence electrons. The van der Waals surface area contributed by atoms with Gasteiger partial charge in [0.25, 0.3) is 0 Å². The van der Waals surface area contributed by atoms with E-state index >= 15 is 0 Å². The fraction of sp³-hybridized carbons (Fsp3) is 0.400. The zero-order valence-electron chi connectivity index (χ0n) is 13.6. The second kappa shape index (κ2) is 7.85. The fourth-order valence-electron chi connectivity index (χ4n) is 3.34. The monoisotopic (exact) mass is 435 g/mol. The summed E-state index contributed by atoms with van der Waals surface area (Å²) in [4.78, 5) is 0. The Hall–Kier alpha value is -0.800. The number of fused-ring (bicyclic) bond motifs is 3. The predicted octanol–water partition coefficient (Wildman–Crippen LogP) is 7.68. The number of rotatable bonds is 7. The first-order valence-corrected chi connectivity index (χ1v) is 10.2. The van der Waals surface area contributed by atoms with Gasteiger partial charge in [-0.2, -0.15) is 0 Å². The number of nitrogens with zero attached hydrogens (tertiary/aromatic N) is 1. The minimum absolute atomic E-state index is 1.11. The summed E-state index contributed by atoms with van der Waals surface area (Å²) in [6.07, 6.45) is 8.02. The molecule has 0 saturated heterocycles. The summed E-state index contributed by atoms with van der Waals surface area (Å²) in [5, 5.41) is 2.67. The van der Waals surface area contributed by atoms with Crippen LogP contribution >= 0.6 is 31.9 Å². The molecule has 0 aliphatic rings. The van der Waals surface area contributed by atoms with Crippen molar-refractivity contribution in [1.29, 1.82) is 0 Å². The fourth-order valence-corrected chi connectivity index (χ4v) is 4.06. The van der Waals surface area contributed by atoms with Crippen molar-refractivity contribution >= 4 is 53.7 Å². The third-order valence-corrected chi connectivity index (χ3v) is 5.51. The normalized spacial score (nSPS) is 11.6. The van der Waals surface area contributed by atoms with E-state index in [-0.39, 0.29) is 0 Å². The van der Waals surface area contributed by atoms with Crippen LogP contribution in [-0.4, -0.2) is 4.57 Å². The summed E-state index contributed by atoms with van der Waals surface area (Å²) in [6, 6.07) is 13.3. The average molecular weight is 437 g/mol. The number of halogens is 2. The van der Waals surface area contributed by atoms with E-state index in [4.69, 9.17) is 0 Å². The van der Waals surface area contributed by atoms with Gasteiger partial charge in [0.05, 0.1) is 0 Å². The molecule has 0 fully saturated rings. The summed E-state index contributed by atoms with van der Waals surface area (Å²) < 4.78 is 4.77. The highest BCUT2D eigenvalue weighted by Gasteiger charge is 2.11. The summed E-state index contributed by atoms with van der Waals surface area (Å²) in [5.74, 6) is 0. The second-order valence-electron chi connectivity index (χ2n) is 6.24. The molecule has 0 spiro atoms. The van der Waals surface area contributed by atoms with Crippen LogP contribution in [0.25, 0.3) is 21.8 Å². The first-order chi connectivity index (χ1) is 11.2. The topological polar surface area (TPSA) is 4.93 Å². The van der Waals surface area contributed by atoms with Gasteiger partial charge < -0.3 is 4.57 Å². The van der Waals surface area contributed by atoms with E-state index in [2.05, 4.69) is 79.7 Å². The highest BCUT2D eigenvalue weighted by Crippen LogP contribution is 2.33. The van der Waals surface area contributed by atoms with E-state index in [0.717, 1.165) is 15.5 Å². The summed E-state index contributed by atoms with van der Waals surface area (Å²) in [5.41, 5.74) is 2.68. The molecular formula is C20H23Br2N. The molecule has 2 aromatic carbocycles. The van der Waals surface area contributed by atoms with Crippen molar-refractivity contribution < 1.29 is 0 Å². The van der Waals surface area contributed by atoms with Crippen LogP contribution in [0.3, 0.4) is 0 Å². The Balaban J connectivity index is 1.88. The maximum absolute atomic E-state index is 3.61. The van der Waals surface area contributed by atoms with Gasteiger partial charge in [-0.3, -0.25) is 0 Å². The van der Waals surface area contributed by atoms with Crippen molar-refractivity contribution in [3.05, 3.63) is 45.3 Å². The van der Waals surface area contributed by atoms with Gasteiger partial charge in [0.2, 0.25) is 0 Å². The van der Waals surface area contributed by atoms with Crippen LogP contribution in [0.5, 0.6) is 0 Å². The molecule has 3 heteroatoms. The molecule has 0 atom stereocenters. The van der Waals surface area contributed by atoms with Crippen molar-refractivity contribution in [2.75, 3.05) is 0 Å². The molecule has 0 amide bonds. The van der Waals surface area contributed by atoms with E-state index in [0.29, 0.717) is 0 Å². The van der Waals surface area contributed by atoms with Crippen LogP contribution in [0.1, 0.15) is 45.4 Å². The van der Waals surface area contributed by atoms with Crippen LogP contribution in [0.15, 0.2) is 45.3 Å². The lowest BCUT2D eigenvalue weighted by molar-refractivity contribution is 0.571. The van der Waals surface area contributed by atoms with Crippen LogP contribution in [0, 0.1) is 0 Å². The van der Waals surface area contributed by atoms with Gasteiger partial charge in [-0.15, -0.1) is 0 Å². The molecule has 1 heterocycles. The molecule has 1 aromatic heterocycles. The van der Waals surface area contributed by atoms with Gasteiger partial charge in [-0.1, -0.05) is 70.9 Å². The van der Waals surface area contributed by atoms with Crippen molar-refractivity contribution in [1.82, 2.24) is 4.57 Å². The summed E-state index contributed by atoms with van der Waals surface area (Å²) in [7, 11) is 0. The largest absolute Gasteiger partial charge is 0.340 e. The third kappa shape index (κ3) is 3.83. The molecule has 0 bridgehead atoms. The van der Waals surface area contributed by atoms with Crippen molar-refractivity contribution in [3.8, 4) is 0 Å². The third-order valence-electron chi connectivity index (χ3n) is 4.52. The standard InChI is InChI=1S/C20H23Br2N/c1-2-3-4-5-6-7-12-23-19-10-8-15(21)13-17(19)18-14-16(22)9-11-20(18)23/h8-11,13-14H,2-7,12H2,1H3. The number of unbranched alkanes of at least 4 members (excludes halogenated alkanes) is 5. The van der Waals surface area contributed by atoms with E-state index in [1.165, 1.54) is 60.3 Å². The molecular weight excluding hydrogens is 414 g/mol. The smallest absolute Gasteiger partial charge is 0.0492 e. The van der Waals surface area contributed by atoms with Crippen LogP contribution in [0.4, 0.5) is 0 Å². The number of benzene rings is 2. The quantitative estimate of drug-likeness (QED) is 0.334. The average Bonchev–Trinajstić information content (AvgIpc) is 2.83. The molecule has 0 saturated carbocycles. The van der Waals surface area contributed by atoms with Crippen molar-refractivity contribution in [2.24, 2.45) is 0 Å². The van der Waals surface area contributed by atoms with E-state index < -0.39 is 0 Å². The minimum atomic E-state index is 1.11. The lowest BCUT2D eigenvalue weighted by atomic mass is 10.1. The zero-order valence-corrected chi connectivity index (χ0v) is 16.8. The number of aromatic nitrogens is 1. The summed E-state index contributed by atoms with van der Waals surface area (Å²) in [6.45, 7) is 3.38. The van der Waals surface area contributed by atoms with Crippen molar-refractivity contribution in [2.45, 2.75) is 52.0 Å². The number of hydrogen-bond donors (Lipinski definition) is 0. The Morgan fingerprint density at radius 1 is 0.739 bits per heavy atom. The van der Waals surface area contributed by atoms with E-state index in [1.54, 1.807) is 0 Å². The van der Waals surface area contributed by atoms with Gasteiger partial charge in [0.15, 0.2) is 0 Å². The van der Waals surface area contributed by atoms with Gasteiger partial charge in [0, 0.05) is 37.3 Å². The first-order valence-electron chi connectivity index (χ1n) is 8.57. The van der Waals surface area contributed by atoms with Gasteiger partial charge >= 0.3 is 0 Å². The molecule has 0 N–H and O–H groups in total. The van der Waals surface area contributed by atoms with Gasteiger partial charge in [0.1, 0.15) is 0 Å². The van der Waals surface area contributed by atoms with E-state index in [9.17, 15) is 0 Å². The number of aryl methyl sites for hydroxylation is 1. The van der Waals surface area contributed by atoms with Crippen molar-refractivity contribution in [3.63, 3.8) is 0 Å². The minimum Gasteiger partial charge on any atom is -0.340 e. The highest BCUT2D eigenvalue weighted by atomic mass is 79.9. The Kier molecular flexibility index (Phi) is 5.81. The molecule has 0 radical (unpaired) electrons. The maximum atomic E-state index is 3.61. The van der Waals surface area contributed by atoms with Crippen LogP contribution < -0.4 is 0 Å². The number of hydrogen-bond acceptors (Lipinski definition) is 0. The lowest BCUT2D eigenvalue weighted by Crippen LogP contribution is -1.97. The molecule has 0 aliphatic heterocycles. The zero-order chi connectivity index (χ0) is 16.2. The van der Waals surface area contributed by atoms with E-state index in [1.807, 2.05) is 0 Å². The van der Waals surface area contributed by atoms with Crippen LogP contribution in [-0.2, 0) is 6.54 Å². The molecule has 0 unspecified atom stereocenters. The van der Waals surface area contributed by atoms with Gasteiger partial charge in [-0.05, 0) is 42.8 Å². The maximum Gasteiger partial charge on any atom is 0.0492 e. The first kappa shape index (κ1) is 17.0. The molecule has 3 rings (SSSR count). The Morgan fingerprint density at radius 3 is 1.83 bits per heavy atom. The second-order valence-corrected chi connectivity index (χ2v) is 8.07. The highest BCUT2D eigenvalue weighted by molar-refractivity contribution is 9.10. The SMILES string of the molecule is CCCCCCCCn1c2ccc(Br)cc2c2cc(Br)ccc21. The molecule has 23 heavy (non-hydrogen) atoms. The Labute approximate surface area is 155 Å². The Bertz CT molecular complexity index is 745. The Morgan fingerprint density at radius 2 is 1.26 bits per heavy atom. The molecule has 3 aromatic rings. The van der Waals surface area contributed by atoms with Crippen LogP contribution in [0.2, 0.25) is 0 Å². The molecule has 1 nitrogen and oxygen atoms in total. The molecule has 0 aliphatic carbocycles.